The van der Waals surface area contributed by atoms with Crippen molar-refractivity contribution in [3.8, 4) is 0 Å². The number of fused-ring (bicyclic) bond motifs is 1. The zero-order chi connectivity index (χ0) is 17.9. The number of likely N-dealkylation sites (tertiary alicyclic amines) is 1. The highest BCUT2D eigenvalue weighted by atomic mass is 16.2. The van der Waals surface area contributed by atoms with Gasteiger partial charge in [0.2, 0.25) is 5.91 Å². The van der Waals surface area contributed by atoms with E-state index < -0.39 is 0 Å². The number of nitrogens with one attached hydrogen (secondary N) is 1. The van der Waals surface area contributed by atoms with Gasteiger partial charge >= 0.3 is 0 Å². The summed E-state index contributed by atoms with van der Waals surface area (Å²) in [6.07, 6.45) is 7.83. The number of imidazole rings is 1. The zero-order valence-electron chi connectivity index (χ0n) is 15.0. The standard InChI is InChI=1S/C21H24N4O/c1-16(24-11-8-20(9-12-24)25-13-10-22-15-25)21(26)23-19-7-6-17-4-2-3-5-18(17)14-19/h2-7,10,13-16,20H,8-9,11-12H2,1H3,(H,23,26). The highest BCUT2D eigenvalue weighted by Gasteiger charge is 2.27. The van der Waals surface area contributed by atoms with Gasteiger partial charge in [0.05, 0.1) is 12.4 Å². The zero-order valence-corrected chi connectivity index (χ0v) is 15.0. The summed E-state index contributed by atoms with van der Waals surface area (Å²) in [7, 11) is 0. The van der Waals surface area contributed by atoms with Crippen LogP contribution in [0.1, 0.15) is 25.8 Å². The molecule has 1 amide bonds. The SMILES string of the molecule is CC(C(=O)Nc1ccc2ccccc2c1)N1CCC(n2ccnc2)CC1. The predicted octanol–water partition coefficient (Wildman–Crippen LogP) is 3.70. The number of anilines is 1. The van der Waals surface area contributed by atoms with E-state index in [4.69, 9.17) is 0 Å². The maximum absolute atomic E-state index is 12.7. The lowest BCUT2D eigenvalue weighted by atomic mass is 10.0. The lowest BCUT2D eigenvalue weighted by molar-refractivity contribution is -0.121. The molecule has 0 radical (unpaired) electrons. The van der Waals surface area contributed by atoms with Gasteiger partial charge < -0.3 is 9.88 Å². The largest absolute Gasteiger partial charge is 0.334 e. The van der Waals surface area contributed by atoms with E-state index in [-0.39, 0.29) is 11.9 Å². The average Bonchev–Trinajstić information content (AvgIpc) is 3.22. The molecule has 134 valence electrons. The molecule has 2 heterocycles. The summed E-state index contributed by atoms with van der Waals surface area (Å²) < 4.78 is 2.18. The molecule has 1 unspecified atom stereocenters. The number of carbonyl (C=O) groups is 1. The Kier molecular flexibility index (Phi) is 4.71. The molecule has 5 heteroatoms. The Labute approximate surface area is 153 Å². The molecule has 1 N–H and O–H groups in total. The summed E-state index contributed by atoms with van der Waals surface area (Å²) in [4.78, 5) is 19.1. The number of hydrogen-bond donors (Lipinski definition) is 1. The van der Waals surface area contributed by atoms with Gasteiger partial charge in [0, 0.05) is 37.2 Å². The third kappa shape index (κ3) is 3.48. The maximum atomic E-state index is 12.7. The summed E-state index contributed by atoms with van der Waals surface area (Å²) in [5, 5.41) is 5.39. The van der Waals surface area contributed by atoms with Crippen molar-refractivity contribution in [2.45, 2.75) is 31.8 Å². The number of nitrogens with zero attached hydrogens (tertiary/aromatic N) is 3. The number of hydrogen-bond acceptors (Lipinski definition) is 3. The number of benzene rings is 2. The van der Waals surface area contributed by atoms with Crippen LogP contribution in [0.3, 0.4) is 0 Å². The van der Waals surface area contributed by atoms with Gasteiger partial charge in [0.25, 0.3) is 0 Å². The van der Waals surface area contributed by atoms with E-state index in [1.165, 1.54) is 5.39 Å². The van der Waals surface area contributed by atoms with Crippen molar-refractivity contribution >= 4 is 22.4 Å². The molecule has 3 aromatic rings. The number of amides is 1. The molecule has 0 spiro atoms. The van der Waals surface area contributed by atoms with Crippen molar-refractivity contribution in [1.82, 2.24) is 14.5 Å². The number of aromatic nitrogens is 2. The Morgan fingerprint density at radius 1 is 1.15 bits per heavy atom. The lowest BCUT2D eigenvalue weighted by Crippen LogP contribution is -2.46. The van der Waals surface area contributed by atoms with Crippen LogP contribution < -0.4 is 5.32 Å². The molecule has 1 aromatic heterocycles. The van der Waals surface area contributed by atoms with Gasteiger partial charge in [-0.05, 0) is 42.7 Å². The summed E-state index contributed by atoms with van der Waals surface area (Å²) >= 11 is 0. The van der Waals surface area contributed by atoms with Gasteiger partial charge in [-0.1, -0.05) is 30.3 Å². The van der Waals surface area contributed by atoms with Crippen LogP contribution in [-0.2, 0) is 4.79 Å². The molecule has 2 aromatic carbocycles. The van der Waals surface area contributed by atoms with Crippen LogP contribution in [0.5, 0.6) is 0 Å². The van der Waals surface area contributed by atoms with Gasteiger partial charge in [-0.2, -0.15) is 0 Å². The van der Waals surface area contributed by atoms with Crippen LogP contribution in [-0.4, -0.2) is 39.5 Å². The highest BCUT2D eigenvalue weighted by Crippen LogP contribution is 2.24. The Bertz CT molecular complexity index is 882. The smallest absolute Gasteiger partial charge is 0.241 e. The summed E-state index contributed by atoms with van der Waals surface area (Å²) in [5.41, 5.74) is 0.855. The van der Waals surface area contributed by atoms with Gasteiger partial charge in [0.15, 0.2) is 0 Å². The Hall–Kier alpha value is -2.66. The van der Waals surface area contributed by atoms with E-state index in [1.807, 2.05) is 56.0 Å². The molecule has 1 aliphatic heterocycles. The number of carbonyl (C=O) groups excluding carboxylic acids is 1. The monoisotopic (exact) mass is 348 g/mol. The summed E-state index contributed by atoms with van der Waals surface area (Å²) in [6, 6.07) is 14.6. The van der Waals surface area contributed by atoms with Gasteiger partial charge in [-0.25, -0.2) is 4.98 Å². The Morgan fingerprint density at radius 2 is 1.92 bits per heavy atom. The molecule has 1 saturated heterocycles. The summed E-state index contributed by atoms with van der Waals surface area (Å²) in [6.45, 7) is 3.85. The minimum atomic E-state index is -0.134. The maximum Gasteiger partial charge on any atom is 0.241 e. The summed E-state index contributed by atoms with van der Waals surface area (Å²) in [5.74, 6) is 0.0568. The van der Waals surface area contributed by atoms with E-state index >= 15 is 0 Å². The van der Waals surface area contributed by atoms with E-state index in [9.17, 15) is 4.79 Å². The van der Waals surface area contributed by atoms with Crippen LogP contribution in [0.25, 0.3) is 10.8 Å². The number of rotatable bonds is 4. The van der Waals surface area contributed by atoms with E-state index in [2.05, 4.69) is 31.9 Å². The van der Waals surface area contributed by atoms with Crippen molar-refractivity contribution < 1.29 is 4.79 Å². The quantitative estimate of drug-likeness (QED) is 0.782. The van der Waals surface area contributed by atoms with Crippen molar-refractivity contribution in [3.05, 3.63) is 61.2 Å². The second kappa shape index (κ2) is 7.30. The second-order valence-electron chi connectivity index (χ2n) is 7.00. The Morgan fingerprint density at radius 3 is 2.65 bits per heavy atom. The minimum absolute atomic E-state index is 0.0568. The van der Waals surface area contributed by atoms with E-state index in [1.54, 1.807) is 0 Å². The highest BCUT2D eigenvalue weighted by molar-refractivity contribution is 5.97. The van der Waals surface area contributed by atoms with Crippen molar-refractivity contribution in [3.63, 3.8) is 0 Å². The van der Waals surface area contributed by atoms with Crippen molar-refractivity contribution in [2.75, 3.05) is 18.4 Å². The lowest BCUT2D eigenvalue weighted by Gasteiger charge is -2.35. The molecule has 1 atom stereocenters. The second-order valence-corrected chi connectivity index (χ2v) is 7.00. The fourth-order valence-corrected chi connectivity index (χ4v) is 3.74. The van der Waals surface area contributed by atoms with Gasteiger partial charge in [-0.15, -0.1) is 0 Å². The van der Waals surface area contributed by atoms with Crippen LogP contribution in [0, 0.1) is 0 Å². The fraction of sp³-hybridized carbons (Fsp3) is 0.333. The van der Waals surface area contributed by atoms with Crippen LogP contribution in [0.15, 0.2) is 61.2 Å². The molecule has 0 aliphatic carbocycles. The minimum Gasteiger partial charge on any atom is -0.334 e. The van der Waals surface area contributed by atoms with Crippen LogP contribution >= 0.6 is 0 Å². The molecule has 5 nitrogen and oxygen atoms in total. The van der Waals surface area contributed by atoms with Crippen molar-refractivity contribution in [2.24, 2.45) is 0 Å². The first-order valence-electron chi connectivity index (χ1n) is 9.22. The first kappa shape index (κ1) is 16.8. The average molecular weight is 348 g/mol. The first-order valence-corrected chi connectivity index (χ1v) is 9.22. The molecular weight excluding hydrogens is 324 g/mol. The molecule has 1 fully saturated rings. The topological polar surface area (TPSA) is 50.2 Å². The van der Waals surface area contributed by atoms with E-state index in [0.717, 1.165) is 37.0 Å². The third-order valence-corrected chi connectivity index (χ3v) is 5.39. The Balaban J connectivity index is 1.37. The molecule has 4 rings (SSSR count). The molecular formula is C21H24N4O. The normalized spacial score (nSPS) is 17.3. The fourth-order valence-electron chi connectivity index (χ4n) is 3.74. The molecule has 26 heavy (non-hydrogen) atoms. The molecule has 0 saturated carbocycles. The predicted molar refractivity (Wildman–Crippen MR) is 104 cm³/mol. The third-order valence-electron chi connectivity index (χ3n) is 5.39. The van der Waals surface area contributed by atoms with E-state index in [0.29, 0.717) is 6.04 Å². The van der Waals surface area contributed by atoms with Gasteiger partial charge in [0.1, 0.15) is 0 Å². The molecule has 1 aliphatic rings. The van der Waals surface area contributed by atoms with Crippen LogP contribution in [0.4, 0.5) is 5.69 Å². The van der Waals surface area contributed by atoms with Crippen LogP contribution in [0.2, 0.25) is 0 Å². The number of piperidine rings is 1. The van der Waals surface area contributed by atoms with Gasteiger partial charge in [-0.3, -0.25) is 9.69 Å². The molecule has 0 bridgehead atoms. The first-order chi connectivity index (χ1) is 12.7. The van der Waals surface area contributed by atoms with Crippen molar-refractivity contribution in [1.29, 1.82) is 0 Å².